The van der Waals surface area contributed by atoms with E-state index in [4.69, 9.17) is 4.74 Å². The molecule has 1 fully saturated rings. The van der Waals surface area contributed by atoms with E-state index in [0.717, 1.165) is 13.2 Å². The molecule has 90 valence electrons. The molecule has 0 N–H and O–H groups in total. The molecule has 1 saturated heterocycles. The molecule has 0 spiro atoms. The maximum atomic E-state index is 5.11. The summed E-state index contributed by atoms with van der Waals surface area (Å²) in [6.45, 7) is 4.27. The largest absolute Gasteiger partial charge is 0.383 e. The minimum atomic E-state index is 0.686. The predicted octanol–water partition coefficient (Wildman–Crippen LogP) is 1.25. The second kappa shape index (κ2) is 5.46. The molecule has 1 aromatic heterocycles. The standard InChI is InChI=1S/C12H21N3O/c1-14-12(3-6-13-14)11-4-7-15(8-5-11)9-10-16-2/h3,6,11H,4-5,7-10H2,1-2H3. The summed E-state index contributed by atoms with van der Waals surface area (Å²) < 4.78 is 7.12. The highest BCUT2D eigenvalue weighted by Gasteiger charge is 2.21. The van der Waals surface area contributed by atoms with E-state index >= 15 is 0 Å². The van der Waals surface area contributed by atoms with Crippen molar-refractivity contribution in [3.05, 3.63) is 18.0 Å². The first-order valence-corrected chi connectivity index (χ1v) is 6.00. The number of hydrogen-bond donors (Lipinski definition) is 0. The molecular weight excluding hydrogens is 202 g/mol. The summed E-state index contributed by atoms with van der Waals surface area (Å²) in [5.41, 5.74) is 1.38. The number of rotatable bonds is 4. The van der Waals surface area contributed by atoms with Crippen LogP contribution in [0.1, 0.15) is 24.5 Å². The molecule has 2 rings (SSSR count). The molecule has 16 heavy (non-hydrogen) atoms. The third-order valence-electron chi connectivity index (χ3n) is 3.48. The van der Waals surface area contributed by atoms with Crippen LogP contribution in [0.4, 0.5) is 0 Å². The zero-order chi connectivity index (χ0) is 11.4. The average Bonchev–Trinajstić information content (AvgIpc) is 2.74. The first-order chi connectivity index (χ1) is 7.81. The third-order valence-corrected chi connectivity index (χ3v) is 3.48. The number of ether oxygens (including phenoxy) is 1. The Morgan fingerprint density at radius 3 is 2.75 bits per heavy atom. The van der Waals surface area contributed by atoms with Gasteiger partial charge in [0.15, 0.2) is 0 Å². The Morgan fingerprint density at radius 2 is 2.19 bits per heavy atom. The highest BCUT2D eigenvalue weighted by Crippen LogP contribution is 2.26. The molecule has 2 heterocycles. The SMILES string of the molecule is COCCN1CCC(c2ccnn2C)CC1. The van der Waals surface area contributed by atoms with Gasteiger partial charge in [-0.25, -0.2) is 0 Å². The molecule has 0 unspecified atom stereocenters. The fourth-order valence-corrected chi connectivity index (χ4v) is 2.46. The van der Waals surface area contributed by atoms with Crippen LogP contribution in [0.15, 0.2) is 12.3 Å². The molecular formula is C12H21N3O. The van der Waals surface area contributed by atoms with Gasteiger partial charge in [0, 0.05) is 38.5 Å². The lowest BCUT2D eigenvalue weighted by Crippen LogP contribution is -2.35. The maximum Gasteiger partial charge on any atom is 0.0589 e. The van der Waals surface area contributed by atoms with E-state index in [1.807, 2.05) is 17.9 Å². The minimum absolute atomic E-state index is 0.686. The fraction of sp³-hybridized carbons (Fsp3) is 0.750. The molecule has 0 saturated carbocycles. The van der Waals surface area contributed by atoms with Crippen molar-refractivity contribution in [2.75, 3.05) is 33.4 Å². The van der Waals surface area contributed by atoms with Gasteiger partial charge in [0.25, 0.3) is 0 Å². The Labute approximate surface area is 97.2 Å². The molecule has 4 nitrogen and oxygen atoms in total. The number of nitrogens with zero attached hydrogens (tertiary/aromatic N) is 3. The summed E-state index contributed by atoms with van der Waals surface area (Å²) >= 11 is 0. The number of hydrogen-bond acceptors (Lipinski definition) is 3. The van der Waals surface area contributed by atoms with E-state index in [2.05, 4.69) is 16.1 Å². The minimum Gasteiger partial charge on any atom is -0.383 e. The fourth-order valence-electron chi connectivity index (χ4n) is 2.46. The van der Waals surface area contributed by atoms with Crippen molar-refractivity contribution in [3.8, 4) is 0 Å². The van der Waals surface area contributed by atoms with Gasteiger partial charge in [-0.15, -0.1) is 0 Å². The number of aromatic nitrogens is 2. The molecule has 0 radical (unpaired) electrons. The van der Waals surface area contributed by atoms with Gasteiger partial charge >= 0.3 is 0 Å². The summed E-state index contributed by atoms with van der Waals surface area (Å²) in [4.78, 5) is 2.48. The molecule has 0 aliphatic carbocycles. The summed E-state index contributed by atoms with van der Waals surface area (Å²) in [6.07, 6.45) is 4.37. The van der Waals surface area contributed by atoms with Gasteiger partial charge < -0.3 is 9.64 Å². The first kappa shape index (κ1) is 11.6. The van der Waals surface area contributed by atoms with E-state index in [-0.39, 0.29) is 0 Å². The number of methoxy groups -OCH3 is 1. The quantitative estimate of drug-likeness (QED) is 0.769. The van der Waals surface area contributed by atoms with Crippen LogP contribution >= 0.6 is 0 Å². The van der Waals surface area contributed by atoms with Crippen molar-refractivity contribution < 1.29 is 4.74 Å². The Kier molecular flexibility index (Phi) is 3.96. The lowest BCUT2D eigenvalue weighted by atomic mass is 9.93. The van der Waals surface area contributed by atoms with Crippen molar-refractivity contribution in [2.24, 2.45) is 7.05 Å². The smallest absolute Gasteiger partial charge is 0.0589 e. The van der Waals surface area contributed by atoms with Crippen molar-refractivity contribution in [2.45, 2.75) is 18.8 Å². The Hall–Kier alpha value is -0.870. The Balaban J connectivity index is 1.83. The predicted molar refractivity (Wildman–Crippen MR) is 63.5 cm³/mol. The lowest BCUT2D eigenvalue weighted by Gasteiger charge is -2.31. The molecule has 1 aliphatic rings. The van der Waals surface area contributed by atoms with Crippen LogP contribution in [0, 0.1) is 0 Å². The van der Waals surface area contributed by atoms with E-state index < -0.39 is 0 Å². The molecule has 0 aromatic carbocycles. The van der Waals surface area contributed by atoms with Crippen LogP contribution in [-0.2, 0) is 11.8 Å². The van der Waals surface area contributed by atoms with Crippen molar-refractivity contribution in [1.29, 1.82) is 0 Å². The molecule has 4 heteroatoms. The zero-order valence-electron chi connectivity index (χ0n) is 10.2. The van der Waals surface area contributed by atoms with Gasteiger partial charge in [-0.1, -0.05) is 0 Å². The molecule has 0 amide bonds. The Morgan fingerprint density at radius 1 is 1.44 bits per heavy atom. The highest BCUT2D eigenvalue weighted by molar-refractivity contribution is 5.08. The normalized spacial score (nSPS) is 19.1. The number of piperidine rings is 1. The van der Waals surface area contributed by atoms with Crippen LogP contribution in [0.5, 0.6) is 0 Å². The lowest BCUT2D eigenvalue weighted by molar-refractivity contribution is 0.129. The maximum absolute atomic E-state index is 5.11. The first-order valence-electron chi connectivity index (χ1n) is 6.00. The van der Waals surface area contributed by atoms with Crippen molar-refractivity contribution in [3.63, 3.8) is 0 Å². The van der Waals surface area contributed by atoms with Crippen molar-refractivity contribution >= 4 is 0 Å². The third kappa shape index (κ3) is 2.62. The summed E-state index contributed by atoms with van der Waals surface area (Å²) in [5.74, 6) is 0.686. The van der Waals surface area contributed by atoms with Crippen LogP contribution in [0.3, 0.4) is 0 Å². The van der Waals surface area contributed by atoms with Gasteiger partial charge in [-0.2, -0.15) is 5.10 Å². The molecule has 1 aromatic rings. The highest BCUT2D eigenvalue weighted by atomic mass is 16.5. The molecule has 0 bridgehead atoms. The zero-order valence-corrected chi connectivity index (χ0v) is 10.2. The van der Waals surface area contributed by atoms with E-state index in [1.165, 1.54) is 31.6 Å². The second-order valence-electron chi connectivity index (χ2n) is 4.49. The van der Waals surface area contributed by atoms with Crippen LogP contribution in [-0.4, -0.2) is 48.0 Å². The van der Waals surface area contributed by atoms with E-state index in [0.29, 0.717) is 5.92 Å². The number of likely N-dealkylation sites (tertiary alicyclic amines) is 1. The van der Waals surface area contributed by atoms with E-state index in [9.17, 15) is 0 Å². The van der Waals surface area contributed by atoms with Crippen LogP contribution < -0.4 is 0 Å². The Bertz CT molecular complexity index is 316. The van der Waals surface area contributed by atoms with Gasteiger partial charge in [0.1, 0.15) is 0 Å². The number of aryl methyl sites for hydroxylation is 1. The van der Waals surface area contributed by atoms with Gasteiger partial charge in [0.05, 0.1) is 6.61 Å². The topological polar surface area (TPSA) is 30.3 Å². The van der Waals surface area contributed by atoms with Gasteiger partial charge in [-0.3, -0.25) is 4.68 Å². The van der Waals surface area contributed by atoms with Crippen LogP contribution in [0.2, 0.25) is 0 Å². The summed E-state index contributed by atoms with van der Waals surface area (Å²) in [6, 6.07) is 2.15. The monoisotopic (exact) mass is 223 g/mol. The van der Waals surface area contributed by atoms with E-state index in [1.54, 1.807) is 7.11 Å². The van der Waals surface area contributed by atoms with Crippen molar-refractivity contribution in [1.82, 2.24) is 14.7 Å². The van der Waals surface area contributed by atoms with Crippen LogP contribution in [0.25, 0.3) is 0 Å². The molecule has 0 atom stereocenters. The van der Waals surface area contributed by atoms with Gasteiger partial charge in [0.2, 0.25) is 0 Å². The molecule has 1 aliphatic heterocycles. The second-order valence-corrected chi connectivity index (χ2v) is 4.49. The summed E-state index contributed by atoms with van der Waals surface area (Å²) in [7, 11) is 3.80. The average molecular weight is 223 g/mol. The summed E-state index contributed by atoms with van der Waals surface area (Å²) in [5, 5.41) is 4.24. The van der Waals surface area contributed by atoms with Gasteiger partial charge in [-0.05, 0) is 32.0 Å².